The van der Waals surface area contributed by atoms with E-state index in [-0.39, 0.29) is 17.7 Å². The van der Waals surface area contributed by atoms with Crippen molar-refractivity contribution in [2.45, 2.75) is 53.4 Å². The van der Waals surface area contributed by atoms with E-state index in [0.717, 1.165) is 79.1 Å². The highest BCUT2D eigenvalue weighted by molar-refractivity contribution is 7.13. The van der Waals surface area contributed by atoms with Crippen LogP contribution < -0.4 is 10.2 Å². The Morgan fingerprint density at radius 2 is 1.72 bits per heavy atom. The molecule has 1 N–H and O–H groups in total. The zero-order valence-electron chi connectivity index (χ0n) is 21.6. The number of aryl methyl sites for hydroxylation is 3. The number of piperidine rings is 2. The van der Waals surface area contributed by atoms with Gasteiger partial charge in [-0.2, -0.15) is 4.37 Å². The lowest BCUT2D eigenvalue weighted by molar-refractivity contribution is -0.120. The van der Waals surface area contributed by atoms with Gasteiger partial charge in [0.15, 0.2) is 0 Å². The van der Waals surface area contributed by atoms with E-state index in [0.29, 0.717) is 11.5 Å². The molecule has 2 amide bonds. The number of carbonyl (C=O) groups is 2. The molecule has 2 fully saturated rings. The van der Waals surface area contributed by atoms with Crippen molar-refractivity contribution in [3.05, 3.63) is 46.8 Å². The van der Waals surface area contributed by atoms with Crippen LogP contribution in [-0.4, -0.2) is 52.3 Å². The number of nitrogens with one attached hydrogen (secondary N) is 1. The molecular formula is C28H35N5O2S. The maximum absolute atomic E-state index is 13.7. The SMILES string of the molecule is Cc1ccc(NC(=O)C2CCN(c3c(C(=O)N4CCC(C)CC4)cnc4snc(C)c34)CC2)cc1C. The monoisotopic (exact) mass is 505 g/mol. The van der Waals surface area contributed by atoms with E-state index in [1.807, 2.05) is 30.0 Å². The van der Waals surface area contributed by atoms with Gasteiger partial charge in [-0.25, -0.2) is 4.98 Å². The number of anilines is 2. The molecule has 0 unspecified atom stereocenters. The Balaban J connectivity index is 1.35. The average molecular weight is 506 g/mol. The predicted molar refractivity (Wildman–Crippen MR) is 146 cm³/mol. The summed E-state index contributed by atoms with van der Waals surface area (Å²) in [4.78, 5) is 36.4. The molecule has 5 rings (SSSR count). The topological polar surface area (TPSA) is 78.4 Å². The molecule has 7 nitrogen and oxygen atoms in total. The number of hydrogen-bond acceptors (Lipinski definition) is 6. The van der Waals surface area contributed by atoms with Crippen molar-refractivity contribution < 1.29 is 9.59 Å². The van der Waals surface area contributed by atoms with Crippen LogP contribution in [0.3, 0.4) is 0 Å². The molecule has 3 aromatic rings. The fourth-order valence-electron chi connectivity index (χ4n) is 5.33. The highest BCUT2D eigenvalue weighted by Gasteiger charge is 2.31. The summed E-state index contributed by atoms with van der Waals surface area (Å²) >= 11 is 1.38. The lowest BCUT2D eigenvalue weighted by Gasteiger charge is -2.36. The van der Waals surface area contributed by atoms with E-state index in [1.165, 1.54) is 22.7 Å². The number of benzene rings is 1. The lowest BCUT2D eigenvalue weighted by Crippen LogP contribution is -2.41. The van der Waals surface area contributed by atoms with Crippen molar-refractivity contribution in [2.24, 2.45) is 11.8 Å². The number of likely N-dealkylation sites (tertiary alicyclic amines) is 1. The fourth-order valence-corrected chi connectivity index (χ4v) is 6.08. The van der Waals surface area contributed by atoms with E-state index in [9.17, 15) is 9.59 Å². The number of nitrogens with zero attached hydrogens (tertiary/aromatic N) is 4. The summed E-state index contributed by atoms with van der Waals surface area (Å²) in [6, 6.07) is 6.04. The van der Waals surface area contributed by atoms with Gasteiger partial charge in [0.2, 0.25) is 5.91 Å². The van der Waals surface area contributed by atoms with Crippen LogP contribution in [0.4, 0.5) is 11.4 Å². The summed E-state index contributed by atoms with van der Waals surface area (Å²) in [7, 11) is 0. The molecule has 0 bridgehead atoms. The van der Waals surface area contributed by atoms with Crippen molar-refractivity contribution in [1.82, 2.24) is 14.3 Å². The van der Waals surface area contributed by atoms with Gasteiger partial charge in [0.25, 0.3) is 5.91 Å². The number of amides is 2. The first-order valence-corrected chi connectivity index (χ1v) is 13.8. The third-order valence-corrected chi connectivity index (χ3v) is 8.75. The van der Waals surface area contributed by atoms with E-state index >= 15 is 0 Å². The Morgan fingerprint density at radius 3 is 2.42 bits per heavy atom. The minimum atomic E-state index is -0.0513. The standard InChI is InChI=1S/C28H35N5O2S/c1-17-7-11-33(12-8-17)28(35)23-16-29-27-24(20(4)31-36-27)25(23)32-13-9-21(10-14-32)26(34)30-22-6-5-18(2)19(3)15-22/h5-6,15-17,21H,7-14H2,1-4H3,(H,30,34). The fraction of sp³-hybridized carbons (Fsp3) is 0.500. The number of fused-ring (bicyclic) bond motifs is 1. The molecule has 36 heavy (non-hydrogen) atoms. The van der Waals surface area contributed by atoms with Gasteiger partial charge in [-0.05, 0) is 87.2 Å². The molecule has 0 saturated carbocycles. The average Bonchev–Trinajstić information content (AvgIpc) is 3.26. The Kier molecular flexibility index (Phi) is 6.97. The second-order valence-electron chi connectivity index (χ2n) is 10.5. The molecule has 2 aliphatic heterocycles. The minimum absolute atomic E-state index is 0.0513. The predicted octanol–water partition coefficient (Wildman–Crippen LogP) is 5.34. The lowest BCUT2D eigenvalue weighted by atomic mass is 9.94. The molecule has 8 heteroatoms. The van der Waals surface area contributed by atoms with Crippen molar-refractivity contribution >= 4 is 44.9 Å². The third-order valence-electron chi connectivity index (χ3n) is 7.91. The van der Waals surface area contributed by atoms with E-state index in [1.54, 1.807) is 6.20 Å². The van der Waals surface area contributed by atoms with Crippen LogP contribution in [0.5, 0.6) is 0 Å². The van der Waals surface area contributed by atoms with Crippen molar-refractivity contribution in [2.75, 3.05) is 36.4 Å². The summed E-state index contributed by atoms with van der Waals surface area (Å²) in [5, 5.41) is 4.09. The van der Waals surface area contributed by atoms with Gasteiger partial charge in [0, 0.05) is 44.0 Å². The van der Waals surface area contributed by atoms with Crippen LogP contribution in [0, 0.1) is 32.6 Å². The Bertz CT molecular complexity index is 1290. The highest BCUT2D eigenvalue weighted by atomic mass is 32.1. The van der Waals surface area contributed by atoms with Gasteiger partial charge in [-0.1, -0.05) is 13.0 Å². The van der Waals surface area contributed by atoms with Gasteiger partial charge in [0.05, 0.1) is 22.3 Å². The molecule has 0 aliphatic carbocycles. The second kappa shape index (κ2) is 10.2. The van der Waals surface area contributed by atoms with Gasteiger partial charge < -0.3 is 15.1 Å². The molecular weight excluding hydrogens is 470 g/mol. The maximum atomic E-state index is 13.7. The Hall–Kier alpha value is -3.00. The maximum Gasteiger partial charge on any atom is 0.257 e. The largest absolute Gasteiger partial charge is 0.370 e. The number of pyridine rings is 1. The molecule has 2 aromatic heterocycles. The summed E-state index contributed by atoms with van der Waals surface area (Å²) in [5.41, 5.74) is 5.76. The van der Waals surface area contributed by atoms with E-state index in [2.05, 4.69) is 40.3 Å². The van der Waals surface area contributed by atoms with Crippen LogP contribution in [0.2, 0.25) is 0 Å². The van der Waals surface area contributed by atoms with Crippen molar-refractivity contribution in [3.8, 4) is 0 Å². The molecule has 190 valence electrons. The van der Waals surface area contributed by atoms with Crippen LogP contribution in [0.1, 0.15) is 59.8 Å². The number of carbonyl (C=O) groups excluding carboxylic acids is 2. The number of hydrogen-bond donors (Lipinski definition) is 1. The van der Waals surface area contributed by atoms with Crippen LogP contribution >= 0.6 is 11.5 Å². The molecule has 4 heterocycles. The smallest absolute Gasteiger partial charge is 0.257 e. The minimum Gasteiger partial charge on any atom is -0.370 e. The zero-order chi connectivity index (χ0) is 25.4. The first kappa shape index (κ1) is 24.7. The van der Waals surface area contributed by atoms with E-state index < -0.39 is 0 Å². The van der Waals surface area contributed by atoms with Gasteiger partial charge in [0.1, 0.15) is 4.83 Å². The van der Waals surface area contributed by atoms with Crippen LogP contribution in [-0.2, 0) is 4.79 Å². The highest BCUT2D eigenvalue weighted by Crippen LogP contribution is 2.37. The molecule has 1 aromatic carbocycles. The van der Waals surface area contributed by atoms with Crippen molar-refractivity contribution in [1.29, 1.82) is 0 Å². The third kappa shape index (κ3) is 4.83. The first-order chi connectivity index (χ1) is 17.3. The summed E-state index contributed by atoms with van der Waals surface area (Å²) in [6.45, 7) is 11.4. The van der Waals surface area contributed by atoms with Gasteiger partial charge in [-0.3, -0.25) is 9.59 Å². The Morgan fingerprint density at radius 1 is 1.00 bits per heavy atom. The molecule has 0 atom stereocenters. The summed E-state index contributed by atoms with van der Waals surface area (Å²) < 4.78 is 4.54. The summed E-state index contributed by atoms with van der Waals surface area (Å²) in [5.74, 6) is 0.743. The summed E-state index contributed by atoms with van der Waals surface area (Å²) in [6.07, 6.45) is 5.31. The molecule has 0 radical (unpaired) electrons. The number of rotatable bonds is 4. The number of aromatic nitrogens is 2. The van der Waals surface area contributed by atoms with Crippen LogP contribution in [0.15, 0.2) is 24.4 Å². The Labute approximate surface area is 217 Å². The van der Waals surface area contributed by atoms with Gasteiger partial charge in [-0.15, -0.1) is 0 Å². The molecule has 2 saturated heterocycles. The normalized spacial score (nSPS) is 17.6. The van der Waals surface area contributed by atoms with Crippen LogP contribution in [0.25, 0.3) is 10.2 Å². The zero-order valence-corrected chi connectivity index (χ0v) is 22.5. The second-order valence-corrected chi connectivity index (χ2v) is 11.2. The van der Waals surface area contributed by atoms with Crippen molar-refractivity contribution in [3.63, 3.8) is 0 Å². The molecule has 2 aliphatic rings. The molecule has 0 spiro atoms. The first-order valence-electron chi connectivity index (χ1n) is 13.0. The van der Waals surface area contributed by atoms with E-state index in [4.69, 9.17) is 0 Å². The van der Waals surface area contributed by atoms with Gasteiger partial charge >= 0.3 is 0 Å². The quantitative estimate of drug-likeness (QED) is 0.518.